The highest BCUT2D eigenvalue weighted by atomic mass is 16.4. The lowest BCUT2D eigenvalue weighted by Crippen LogP contribution is -2.25. The first-order valence-electron chi connectivity index (χ1n) is 12.3. The van der Waals surface area contributed by atoms with Crippen molar-refractivity contribution in [3.63, 3.8) is 0 Å². The molecule has 5 nitrogen and oxygen atoms in total. The molecular formula is C29H29N3O2. The SMILES string of the molecule is O=C(O)c1ccc2c(C3CCCCC3)c3n(c2c1)CCN(Cc1cccnc1)c1ccccc1-3. The summed E-state index contributed by atoms with van der Waals surface area (Å²) in [6, 6.07) is 18.6. The topological polar surface area (TPSA) is 58.4 Å². The number of hydrogen-bond donors (Lipinski definition) is 1. The number of carbonyl (C=O) groups is 1. The number of nitrogens with zero attached hydrogens (tertiary/aromatic N) is 3. The molecule has 2 aromatic heterocycles. The third-order valence-electron chi connectivity index (χ3n) is 7.55. The number of carboxylic acid groups (broad SMARTS) is 1. The molecule has 0 radical (unpaired) electrons. The molecule has 5 heteroatoms. The number of hydrogen-bond acceptors (Lipinski definition) is 3. The van der Waals surface area contributed by atoms with E-state index in [2.05, 4.69) is 50.8 Å². The van der Waals surface area contributed by atoms with Crippen LogP contribution in [0.1, 0.15) is 59.5 Å². The minimum atomic E-state index is -0.871. The Morgan fingerprint density at radius 3 is 2.65 bits per heavy atom. The van der Waals surface area contributed by atoms with Crippen molar-refractivity contribution in [1.29, 1.82) is 0 Å². The van der Waals surface area contributed by atoms with Gasteiger partial charge in [0.15, 0.2) is 0 Å². The molecule has 1 N–H and O–H groups in total. The van der Waals surface area contributed by atoms with Crippen LogP contribution >= 0.6 is 0 Å². The molecule has 0 amide bonds. The van der Waals surface area contributed by atoms with Crippen molar-refractivity contribution < 1.29 is 9.90 Å². The normalized spacial score (nSPS) is 16.2. The smallest absolute Gasteiger partial charge is 0.335 e. The van der Waals surface area contributed by atoms with E-state index < -0.39 is 5.97 Å². The molecule has 0 bridgehead atoms. The molecule has 6 rings (SSSR count). The summed E-state index contributed by atoms with van der Waals surface area (Å²) < 4.78 is 2.40. The number of aromatic nitrogens is 2. The summed E-state index contributed by atoms with van der Waals surface area (Å²) in [5.74, 6) is -0.356. The van der Waals surface area contributed by atoms with Crippen LogP contribution in [0.2, 0.25) is 0 Å². The Kier molecular flexibility index (Phi) is 5.33. The summed E-state index contributed by atoms with van der Waals surface area (Å²) in [6.07, 6.45) is 9.99. The van der Waals surface area contributed by atoms with E-state index in [-0.39, 0.29) is 0 Å². The zero-order chi connectivity index (χ0) is 23.1. The molecule has 3 heterocycles. The van der Waals surface area contributed by atoms with Gasteiger partial charge in [0, 0.05) is 54.2 Å². The van der Waals surface area contributed by atoms with Gasteiger partial charge in [-0.2, -0.15) is 0 Å². The Morgan fingerprint density at radius 2 is 1.85 bits per heavy atom. The number of carboxylic acids is 1. The Morgan fingerprint density at radius 1 is 1.00 bits per heavy atom. The van der Waals surface area contributed by atoms with Crippen molar-refractivity contribution in [3.05, 3.63) is 83.7 Å². The summed E-state index contributed by atoms with van der Waals surface area (Å²) in [5.41, 5.74) is 7.78. The molecule has 1 saturated carbocycles. The van der Waals surface area contributed by atoms with Crippen LogP contribution in [0.4, 0.5) is 5.69 Å². The number of pyridine rings is 1. The van der Waals surface area contributed by atoms with Gasteiger partial charge >= 0.3 is 5.97 Å². The second kappa shape index (κ2) is 8.64. The van der Waals surface area contributed by atoms with Crippen LogP contribution in [-0.4, -0.2) is 27.2 Å². The van der Waals surface area contributed by atoms with E-state index in [4.69, 9.17) is 0 Å². The highest BCUT2D eigenvalue weighted by Gasteiger charge is 2.30. The van der Waals surface area contributed by atoms with Crippen molar-refractivity contribution in [3.8, 4) is 11.3 Å². The van der Waals surface area contributed by atoms with Crippen molar-refractivity contribution in [2.45, 2.75) is 51.1 Å². The van der Waals surface area contributed by atoms with E-state index in [1.54, 1.807) is 6.07 Å². The summed E-state index contributed by atoms with van der Waals surface area (Å²) in [4.78, 5) is 18.6. The third-order valence-corrected chi connectivity index (χ3v) is 7.55. The summed E-state index contributed by atoms with van der Waals surface area (Å²) >= 11 is 0. The van der Waals surface area contributed by atoms with Gasteiger partial charge in [-0.1, -0.05) is 49.6 Å². The maximum Gasteiger partial charge on any atom is 0.335 e. The molecule has 2 aliphatic rings. The van der Waals surface area contributed by atoms with E-state index in [9.17, 15) is 9.90 Å². The van der Waals surface area contributed by atoms with Crippen molar-refractivity contribution in [1.82, 2.24) is 9.55 Å². The summed E-state index contributed by atoms with van der Waals surface area (Å²) in [7, 11) is 0. The Labute approximate surface area is 199 Å². The van der Waals surface area contributed by atoms with Crippen molar-refractivity contribution in [2.24, 2.45) is 0 Å². The van der Waals surface area contributed by atoms with Gasteiger partial charge in [0.2, 0.25) is 0 Å². The fraction of sp³-hybridized carbons (Fsp3) is 0.310. The van der Waals surface area contributed by atoms with Crippen molar-refractivity contribution >= 4 is 22.6 Å². The lowest BCUT2D eigenvalue weighted by Gasteiger charge is -2.26. The number of anilines is 1. The van der Waals surface area contributed by atoms with E-state index in [0.29, 0.717) is 11.5 Å². The summed E-state index contributed by atoms with van der Waals surface area (Å²) in [5, 5.41) is 10.9. The minimum Gasteiger partial charge on any atom is -0.478 e. The second-order valence-corrected chi connectivity index (χ2v) is 9.59. The molecule has 0 atom stereocenters. The second-order valence-electron chi connectivity index (χ2n) is 9.59. The molecule has 1 aliphatic heterocycles. The Bertz CT molecular complexity index is 1350. The van der Waals surface area contributed by atoms with E-state index in [1.165, 1.54) is 65.6 Å². The summed E-state index contributed by atoms with van der Waals surface area (Å²) in [6.45, 7) is 2.47. The lowest BCUT2D eigenvalue weighted by molar-refractivity contribution is 0.0697. The fourth-order valence-electron chi connectivity index (χ4n) is 6.00. The Balaban J connectivity index is 1.57. The highest BCUT2D eigenvalue weighted by molar-refractivity contribution is 5.99. The van der Waals surface area contributed by atoms with E-state index in [0.717, 1.165) is 25.2 Å². The maximum atomic E-state index is 11.8. The number of benzene rings is 2. The first-order chi connectivity index (χ1) is 16.7. The van der Waals surface area contributed by atoms with Gasteiger partial charge in [0.25, 0.3) is 0 Å². The van der Waals surface area contributed by atoms with Gasteiger partial charge in [-0.25, -0.2) is 4.79 Å². The first kappa shape index (κ1) is 21.0. The molecule has 1 fully saturated rings. The van der Waals surface area contributed by atoms with Gasteiger partial charge in [-0.15, -0.1) is 0 Å². The highest BCUT2D eigenvalue weighted by Crippen LogP contribution is 2.47. The zero-order valence-electron chi connectivity index (χ0n) is 19.3. The van der Waals surface area contributed by atoms with E-state index >= 15 is 0 Å². The average Bonchev–Trinajstić information content (AvgIpc) is 3.12. The number of para-hydroxylation sites is 1. The molecule has 0 spiro atoms. The van der Waals surface area contributed by atoms with Crippen LogP contribution in [0, 0.1) is 0 Å². The molecule has 2 aromatic carbocycles. The van der Waals surface area contributed by atoms with Crippen LogP contribution in [-0.2, 0) is 13.1 Å². The predicted octanol–water partition coefficient (Wildman–Crippen LogP) is 6.47. The van der Waals surface area contributed by atoms with Crippen LogP contribution in [0.25, 0.3) is 22.2 Å². The Hall–Kier alpha value is -3.60. The van der Waals surface area contributed by atoms with Gasteiger partial charge in [-0.05, 0) is 54.2 Å². The minimum absolute atomic E-state index is 0.354. The number of aromatic carboxylic acids is 1. The third kappa shape index (κ3) is 3.56. The van der Waals surface area contributed by atoms with Crippen molar-refractivity contribution in [2.75, 3.05) is 11.4 Å². The van der Waals surface area contributed by atoms with Gasteiger partial charge in [-0.3, -0.25) is 4.98 Å². The quantitative estimate of drug-likeness (QED) is 0.386. The van der Waals surface area contributed by atoms with Crippen LogP contribution in [0.3, 0.4) is 0 Å². The van der Waals surface area contributed by atoms with Gasteiger partial charge in [0.05, 0.1) is 11.3 Å². The largest absolute Gasteiger partial charge is 0.478 e. The first-order valence-corrected chi connectivity index (χ1v) is 12.3. The molecule has 0 saturated heterocycles. The molecular weight excluding hydrogens is 422 g/mol. The number of fused-ring (bicyclic) bond motifs is 5. The van der Waals surface area contributed by atoms with E-state index in [1.807, 2.05) is 24.5 Å². The molecule has 172 valence electrons. The monoisotopic (exact) mass is 451 g/mol. The molecule has 1 aliphatic carbocycles. The molecule has 34 heavy (non-hydrogen) atoms. The fourth-order valence-corrected chi connectivity index (χ4v) is 6.00. The van der Waals surface area contributed by atoms with Gasteiger partial charge in [0.1, 0.15) is 0 Å². The maximum absolute atomic E-state index is 11.8. The lowest BCUT2D eigenvalue weighted by atomic mass is 9.81. The predicted molar refractivity (Wildman–Crippen MR) is 135 cm³/mol. The zero-order valence-corrected chi connectivity index (χ0v) is 19.3. The molecule has 0 unspecified atom stereocenters. The average molecular weight is 452 g/mol. The van der Waals surface area contributed by atoms with Crippen LogP contribution in [0.5, 0.6) is 0 Å². The van der Waals surface area contributed by atoms with Gasteiger partial charge < -0.3 is 14.6 Å². The standard InChI is InChI=1S/C29H29N3O2/c33-29(34)22-12-13-23-26(17-22)32-16-15-31(19-20-7-6-14-30-18-20)25-11-5-4-10-24(25)28(32)27(23)21-8-2-1-3-9-21/h4-7,10-14,17-18,21H,1-3,8-9,15-16,19H2,(H,33,34). The molecule has 4 aromatic rings. The van der Waals surface area contributed by atoms with Crippen LogP contribution < -0.4 is 4.90 Å². The van der Waals surface area contributed by atoms with Crippen LogP contribution in [0.15, 0.2) is 67.0 Å². The number of rotatable bonds is 4.